The van der Waals surface area contributed by atoms with Crippen LogP contribution < -0.4 is 4.74 Å². The average Bonchev–Trinajstić information content (AvgIpc) is 2.40. The molecule has 0 aliphatic heterocycles. The first kappa shape index (κ1) is 15.1. The van der Waals surface area contributed by atoms with Crippen LogP contribution in [-0.2, 0) is 12.8 Å². The van der Waals surface area contributed by atoms with Gasteiger partial charge in [-0.3, -0.25) is 0 Å². The number of hydrogen-bond acceptors (Lipinski definition) is 1. The lowest BCUT2D eigenvalue weighted by atomic mass is 10.0. The first-order valence-electron chi connectivity index (χ1n) is 7.39. The average molecular weight is 247 g/mol. The molecule has 0 aliphatic carbocycles. The van der Waals surface area contributed by atoms with Gasteiger partial charge >= 0.3 is 0 Å². The van der Waals surface area contributed by atoms with Crippen molar-refractivity contribution in [2.24, 2.45) is 0 Å². The lowest BCUT2D eigenvalue weighted by Crippen LogP contribution is -1.96. The molecule has 18 heavy (non-hydrogen) atoms. The number of rotatable bonds is 9. The van der Waals surface area contributed by atoms with Crippen molar-refractivity contribution in [2.75, 3.05) is 7.11 Å². The molecule has 0 heterocycles. The van der Waals surface area contributed by atoms with Crippen LogP contribution >= 0.6 is 0 Å². The number of ether oxygens (including phenoxy) is 1. The van der Waals surface area contributed by atoms with Gasteiger partial charge in [-0.25, -0.2) is 0 Å². The Morgan fingerprint density at radius 2 is 1.67 bits per heavy atom. The van der Waals surface area contributed by atoms with Gasteiger partial charge in [0.05, 0.1) is 7.11 Å². The highest BCUT2D eigenvalue weighted by Crippen LogP contribution is 2.22. The highest BCUT2D eigenvalue weighted by Gasteiger charge is 2.05. The molecule has 1 radical (unpaired) electrons. The summed E-state index contributed by atoms with van der Waals surface area (Å²) >= 11 is 0. The molecule has 0 amide bonds. The zero-order valence-corrected chi connectivity index (χ0v) is 12.2. The molecule has 0 fully saturated rings. The zero-order valence-electron chi connectivity index (χ0n) is 12.2. The molecule has 0 unspecified atom stereocenters. The summed E-state index contributed by atoms with van der Waals surface area (Å²) in [5.74, 6) is 0.936. The smallest absolute Gasteiger partial charge is 0.130 e. The van der Waals surface area contributed by atoms with Crippen molar-refractivity contribution < 1.29 is 4.74 Å². The van der Waals surface area contributed by atoms with Crippen molar-refractivity contribution >= 4 is 0 Å². The third-order valence-electron chi connectivity index (χ3n) is 3.36. The largest absolute Gasteiger partial charge is 0.496 e. The quantitative estimate of drug-likeness (QED) is 0.560. The normalized spacial score (nSPS) is 10.6. The van der Waals surface area contributed by atoms with Gasteiger partial charge in [-0.1, -0.05) is 45.6 Å². The highest BCUT2D eigenvalue weighted by atomic mass is 16.5. The van der Waals surface area contributed by atoms with E-state index in [9.17, 15) is 0 Å². The summed E-state index contributed by atoms with van der Waals surface area (Å²) in [6.45, 7) is 4.49. The Kier molecular flexibility index (Phi) is 7.55. The first-order chi connectivity index (χ1) is 8.81. The van der Waals surface area contributed by atoms with Crippen molar-refractivity contribution in [1.82, 2.24) is 0 Å². The Balaban J connectivity index is 2.62. The molecular formula is C17H27O. The van der Waals surface area contributed by atoms with Gasteiger partial charge in [0.2, 0.25) is 0 Å². The van der Waals surface area contributed by atoms with Gasteiger partial charge in [-0.05, 0) is 42.9 Å². The Morgan fingerprint density at radius 1 is 1.00 bits per heavy atom. The van der Waals surface area contributed by atoms with Crippen molar-refractivity contribution in [3.8, 4) is 5.75 Å². The van der Waals surface area contributed by atoms with Crippen LogP contribution in [0.1, 0.15) is 63.5 Å². The van der Waals surface area contributed by atoms with Crippen LogP contribution in [0.4, 0.5) is 0 Å². The van der Waals surface area contributed by atoms with Gasteiger partial charge < -0.3 is 4.74 Å². The minimum absolute atomic E-state index is 0.936. The van der Waals surface area contributed by atoms with E-state index in [4.69, 9.17) is 4.74 Å². The second-order valence-electron chi connectivity index (χ2n) is 4.98. The third-order valence-corrected chi connectivity index (χ3v) is 3.36. The van der Waals surface area contributed by atoms with Crippen LogP contribution in [0, 0.1) is 6.07 Å². The number of benzene rings is 1. The fourth-order valence-corrected chi connectivity index (χ4v) is 2.25. The van der Waals surface area contributed by atoms with E-state index in [1.165, 1.54) is 56.1 Å². The summed E-state index contributed by atoms with van der Waals surface area (Å²) in [5.41, 5.74) is 2.75. The predicted octanol–water partition coefficient (Wildman–Crippen LogP) is 4.96. The molecule has 1 nitrogen and oxygen atoms in total. The molecule has 1 heteroatoms. The molecule has 0 bridgehead atoms. The van der Waals surface area contributed by atoms with Crippen LogP contribution in [0.15, 0.2) is 12.1 Å². The third kappa shape index (κ3) is 5.12. The monoisotopic (exact) mass is 247 g/mol. The van der Waals surface area contributed by atoms with Crippen LogP contribution in [-0.4, -0.2) is 7.11 Å². The molecule has 0 saturated heterocycles. The van der Waals surface area contributed by atoms with Crippen molar-refractivity contribution in [1.29, 1.82) is 0 Å². The van der Waals surface area contributed by atoms with Gasteiger partial charge in [0, 0.05) is 6.07 Å². The second-order valence-corrected chi connectivity index (χ2v) is 4.98. The zero-order chi connectivity index (χ0) is 13.2. The molecule has 0 spiro atoms. The van der Waals surface area contributed by atoms with Gasteiger partial charge in [0.15, 0.2) is 0 Å². The van der Waals surface area contributed by atoms with Gasteiger partial charge in [-0.2, -0.15) is 0 Å². The van der Waals surface area contributed by atoms with Gasteiger partial charge in [0.1, 0.15) is 5.75 Å². The SMILES string of the molecule is CCCCCc1c[c]c(OC)c(CCCCC)c1. The van der Waals surface area contributed by atoms with E-state index in [1.54, 1.807) is 7.11 Å². The standard InChI is InChI=1S/C17H27O/c1-4-6-8-10-15-12-13-17(18-3)16(14-15)11-9-7-5-2/h12,14H,4-11H2,1-3H3. The Morgan fingerprint density at radius 3 is 2.28 bits per heavy atom. The number of unbranched alkanes of at least 4 members (excludes halogenated alkanes) is 4. The minimum Gasteiger partial charge on any atom is -0.496 e. The van der Waals surface area contributed by atoms with E-state index in [-0.39, 0.29) is 0 Å². The van der Waals surface area contributed by atoms with Crippen LogP contribution in [0.2, 0.25) is 0 Å². The summed E-state index contributed by atoms with van der Waals surface area (Å²) < 4.78 is 5.40. The maximum Gasteiger partial charge on any atom is 0.130 e. The summed E-state index contributed by atoms with van der Waals surface area (Å²) in [4.78, 5) is 0. The molecule has 1 aromatic carbocycles. The van der Waals surface area contributed by atoms with Crippen molar-refractivity contribution in [3.05, 3.63) is 29.3 Å². The van der Waals surface area contributed by atoms with E-state index in [2.05, 4.69) is 32.0 Å². The highest BCUT2D eigenvalue weighted by molar-refractivity contribution is 5.36. The summed E-state index contributed by atoms with van der Waals surface area (Å²) in [7, 11) is 1.74. The molecule has 0 saturated carbocycles. The van der Waals surface area contributed by atoms with Gasteiger partial charge in [-0.15, -0.1) is 0 Å². The lowest BCUT2D eigenvalue weighted by molar-refractivity contribution is 0.407. The van der Waals surface area contributed by atoms with E-state index >= 15 is 0 Å². The number of aryl methyl sites for hydroxylation is 2. The Bertz CT molecular complexity index is 330. The van der Waals surface area contributed by atoms with Crippen LogP contribution in [0.3, 0.4) is 0 Å². The minimum atomic E-state index is 0.936. The molecule has 0 N–H and O–H groups in total. The second kappa shape index (κ2) is 9.02. The molecule has 1 rings (SSSR count). The maximum atomic E-state index is 5.40. The maximum absolute atomic E-state index is 5.40. The summed E-state index contributed by atoms with van der Waals surface area (Å²) in [6, 6.07) is 7.70. The Labute approximate surface area is 113 Å². The van der Waals surface area contributed by atoms with Crippen molar-refractivity contribution in [3.63, 3.8) is 0 Å². The first-order valence-corrected chi connectivity index (χ1v) is 7.39. The van der Waals surface area contributed by atoms with E-state index in [1.807, 2.05) is 0 Å². The number of hydrogen-bond donors (Lipinski definition) is 0. The Hall–Kier alpha value is -0.980. The topological polar surface area (TPSA) is 9.23 Å². The molecule has 101 valence electrons. The molecule has 0 aliphatic rings. The van der Waals surface area contributed by atoms with Gasteiger partial charge in [0.25, 0.3) is 0 Å². The lowest BCUT2D eigenvalue weighted by Gasteiger charge is -2.10. The molecule has 0 atom stereocenters. The molecule has 1 aromatic rings. The van der Waals surface area contributed by atoms with E-state index in [0.29, 0.717) is 0 Å². The molecular weight excluding hydrogens is 220 g/mol. The predicted molar refractivity (Wildman–Crippen MR) is 78.3 cm³/mol. The van der Waals surface area contributed by atoms with Crippen LogP contribution in [0.5, 0.6) is 5.75 Å². The summed E-state index contributed by atoms with van der Waals surface area (Å²) in [6.07, 6.45) is 9.99. The van der Waals surface area contributed by atoms with E-state index < -0.39 is 0 Å². The summed E-state index contributed by atoms with van der Waals surface area (Å²) in [5, 5.41) is 0. The van der Waals surface area contributed by atoms with E-state index in [0.717, 1.165) is 12.2 Å². The van der Waals surface area contributed by atoms with Crippen molar-refractivity contribution in [2.45, 2.75) is 65.2 Å². The fourth-order valence-electron chi connectivity index (χ4n) is 2.25. The van der Waals surface area contributed by atoms with Crippen LogP contribution in [0.25, 0.3) is 0 Å². The number of methoxy groups -OCH3 is 1. The molecule has 0 aromatic heterocycles. The fraction of sp³-hybridized carbons (Fsp3) is 0.647.